The lowest BCUT2D eigenvalue weighted by Crippen LogP contribution is -2.45. The van der Waals surface area contributed by atoms with Gasteiger partial charge >= 0.3 is 0 Å². The SMILES string of the molecule is CCOc1ccc(CC(=O)NC2CCN(c3cc(-c4ccc(Cl)cc4)[nH]n3)CC2)cc1OCC. The van der Waals surface area contributed by atoms with Gasteiger partial charge in [-0.05, 0) is 62.1 Å². The normalized spacial score (nSPS) is 14.1. The molecule has 2 N–H and O–H groups in total. The predicted octanol–water partition coefficient (Wildman–Crippen LogP) is 4.86. The van der Waals surface area contributed by atoms with Crippen molar-refractivity contribution in [2.24, 2.45) is 0 Å². The molecule has 8 heteroatoms. The molecular formula is C26H31ClN4O3. The van der Waals surface area contributed by atoms with Gasteiger partial charge in [0.05, 0.1) is 25.3 Å². The van der Waals surface area contributed by atoms with Gasteiger partial charge in [-0.25, -0.2) is 0 Å². The fourth-order valence-electron chi connectivity index (χ4n) is 4.17. The summed E-state index contributed by atoms with van der Waals surface area (Å²) in [5.74, 6) is 2.33. The topological polar surface area (TPSA) is 79.5 Å². The van der Waals surface area contributed by atoms with Crippen molar-refractivity contribution >= 4 is 23.3 Å². The van der Waals surface area contributed by atoms with Gasteiger partial charge in [0.2, 0.25) is 5.91 Å². The molecule has 34 heavy (non-hydrogen) atoms. The Morgan fingerprint density at radius 1 is 1.06 bits per heavy atom. The average molecular weight is 483 g/mol. The van der Waals surface area contributed by atoms with Crippen LogP contribution in [0.4, 0.5) is 5.82 Å². The molecule has 1 amide bonds. The van der Waals surface area contributed by atoms with E-state index < -0.39 is 0 Å². The lowest BCUT2D eigenvalue weighted by Gasteiger charge is -2.32. The highest BCUT2D eigenvalue weighted by atomic mass is 35.5. The van der Waals surface area contributed by atoms with Crippen LogP contribution in [0.25, 0.3) is 11.3 Å². The van der Waals surface area contributed by atoms with E-state index in [9.17, 15) is 4.79 Å². The number of anilines is 1. The standard InChI is InChI=1S/C26H31ClN4O3/c1-3-33-23-10-5-18(15-24(23)34-4-2)16-26(32)28-21-11-13-31(14-12-21)25-17-22(29-30-25)19-6-8-20(27)9-7-19/h5-10,15,17,21H,3-4,11-14,16H2,1-2H3,(H,28,32)(H,29,30). The van der Waals surface area contributed by atoms with Crippen molar-refractivity contribution in [3.8, 4) is 22.8 Å². The third-order valence-corrected chi connectivity index (χ3v) is 6.13. The van der Waals surface area contributed by atoms with E-state index in [1.54, 1.807) is 0 Å². The quantitative estimate of drug-likeness (QED) is 0.455. The maximum absolute atomic E-state index is 12.7. The molecule has 4 rings (SSSR count). The number of nitrogens with zero attached hydrogens (tertiary/aromatic N) is 2. The van der Waals surface area contributed by atoms with Gasteiger partial charge in [-0.3, -0.25) is 9.89 Å². The van der Waals surface area contributed by atoms with Gasteiger partial charge in [-0.2, -0.15) is 5.10 Å². The zero-order valence-corrected chi connectivity index (χ0v) is 20.4. The van der Waals surface area contributed by atoms with Gasteiger partial charge in [-0.15, -0.1) is 0 Å². The lowest BCUT2D eigenvalue weighted by molar-refractivity contribution is -0.121. The summed E-state index contributed by atoms with van der Waals surface area (Å²) in [7, 11) is 0. The highest BCUT2D eigenvalue weighted by Gasteiger charge is 2.22. The van der Waals surface area contributed by atoms with Gasteiger partial charge in [-0.1, -0.05) is 29.8 Å². The molecule has 0 aliphatic carbocycles. The van der Waals surface area contributed by atoms with Crippen LogP contribution in [0.15, 0.2) is 48.5 Å². The summed E-state index contributed by atoms with van der Waals surface area (Å²) in [5.41, 5.74) is 2.92. The molecule has 180 valence electrons. The second-order valence-electron chi connectivity index (χ2n) is 8.30. The number of benzene rings is 2. The smallest absolute Gasteiger partial charge is 0.224 e. The number of aromatic nitrogens is 2. The zero-order valence-electron chi connectivity index (χ0n) is 19.6. The van der Waals surface area contributed by atoms with Crippen LogP contribution >= 0.6 is 11.6 Å². The minimum absolute atomic E-state index is 0.0230. The summed E-state index contributed by atoms with van der Waals surface area (Å²) < 4.78 is 11.3. The number of carbonyl (C=O) groups excluding carboxylic acids is 1. The third-order valence-electron chi connectivity index (χ3n) is 5.88. The second kappa shape index (κ2) is 11.3. The van der Waals surface area contributed by atoms with Crippen molar-refractivity contribution in [2.75, 3.05) is 31.2 Å². The van der Waals surface area contributed by atoms with Gasteiger partial charge in [0.1, 0.15) is 0 Å². The van der Waals surface area contributed by atoms with E-state index >= 15 is 0 Å². The summed E-state index contributed by atoms with van der Waals surface area (Å²) >= 11 is 5.98. The van der Waals surface area contributed by atoms with Crippen molar-refractivity contribution in [2.45, 2.75) is 39.2 Å². The molecule has 2 aromatic carbocycles. The number of H-pyrrole nitrogens is 1. The lowest BCUT2D eigenvalue weighted by atomic mass is 10.0. The van der Waals surface area contributed by atoms with E-state index in [0.29, 0.717) is 36.2 Å². The Balaban J connectivity index is 1.28. The zero-order chi connectivity index (χ0) is 23.9. The molecule has 0 radical (unpaired) electrons. The Morgan fingerprint density at radius 2 is 1.76 bits per heavy atom. The van der Waals surface area contributed by atoms with Crippen LogP contribution in [-0.2, 0) is 11.2 Å². The number of amides is 1. The fraction of sp³-hybridized carbons (Fsp3) is 0.385. The molecule has 0 bridgehead atoms. The minimum atomic E-state index is 0.0230. The van der Waals surface area contributed by atoms with Gasteiger partial charge in [0, 0.05) is 30.2 Å². The largest absolute Gasteiger partial charge is 0.490 e. The van der Waals surface area contributed by atoms with E-state index in [4.69, 9.17) is 21.1 Å². The predicted molar refractivity (Wildman–Crippen MR) is 135 cm³/mol. The van der Waals surface area contributed by atoms with Gasteiger partial charge in [0.15, 0.2) is 17.3 Å². The Morgan fingerprint density at radius 3 is 2.47 bits per heavy atom. The molecule has 7 nitrogen and oxygen atoms in total. The van der Waals surface area contributed by atoms with Crippen molar-refractivity contribution in [1.82, 2.24) is 15.5 Å². The number of nitrogens with one attached hydrogen (secondary N) is 2. The summed E-state index contributed by atoms with van der Waals surface area (Å²) in [5, 5.41) is 11.5. The van der Waals surface area contributed by atoms with Crippen LogP contribution in [0.3, 0.4) is 0 Å². The molecule has 0 saturated carbocycles. The van der Waals surface area contributed by atoms with E-state index in [1.807, 2.05) is 56.3 Å². The first kappa shape index (κ1) is 24.0. The van der Waals surface area contributed by atoms with Crippen LogP contribution in [-0.4, -0.2) is 48.4 Å². The van der Waals surface area contributed by atoms with E-state index in [-0.39, 0.29) is 11.9 Å². The highest BCUT2D eigenvalue weighted by Crippen LogP contribution is 2.29. The maximum atomic E-state index is 12.7. The van der Waals surface area contributed by atoms with Crippen molar-refractivity contribution in [3.63, 3.8) is 0 Å². The monoisotopic (exact) mass is 482 g/mol. The van der Waals surface area contributed by atoms with Crippen LogP contribution < -0.4 is 19.7 Å². The number of carbonyl (C=O) groups is 1. The molecular weight excluding hydrogens is 452 g/mol. The molecule has 2 heterocycles. The van der Waals surface area contributed by atoms with E-state index in [0.717, 1.165) is 48.6 Å². The Bertz CT molecular complexity index is 1090. The number of hydrogen-bond donors (Lipinski definition) is 2. The van der Waals surface area contributed by atoms with Crippen LogP contribution in [0.1, 0.15) is 32.3 Å². The first-order chi connectivity index (χ1) is 16.6. The second-order valence-corrected chi connectivity index (χ2v) is 8.74. The summed E-state index contributed by atoms with van der Waals surface area (Å²) in [6.07, 6.45) is 2.07. The van der Waals surface area contributed by atoms with Gasteiger partial charge in [0.25, 0.3) is 0 Å². The Kier molecular flexibility index (Phi) is 7.95. The van der Waals surface area contributed by atoms with E-state index in [1.165, 1.54) is 0 Å². The van der Waals surface area contributed by atoms with Crippen molar-refractivity contribution in [1.29, 1.82) is 0 Å². The summed E-state index contributed by atoms with van der Waals surface area (Å²) in [4.78, 5) is 14.9. The number of ether oxygens (including phenoxy) is 2. The number of hydrogen-bond acceptors (Lipinski definition) is 5. The molecule has 0 atom stereocenters. The van der Waals surface area contributed by atoms with Crippen molar-refractivity contribution < 1.29 is 14.3 Å². The molecule has 1 aliphatic rings. The molecule has 1 aliphatic heterocycles. The van der Waals surface area contributed by atoms with Crippen LogP contribution in [0.5, 0.6) is 11.5 Å². The van der Waals surface area contributed by atoms with Gasteiger partial charge < -0.3 is 19.7 Å². The summed E-state index contributed by atoms with van der Waals surface area (Å²) in [6, 6.07) is 15.6. The number of aromatic amines is 1. The first-order valence-electron chi connectivity index (χ1n) is 11.8. The Labute approximate surface area is 205 Å². The number of halogens is 1. The number of piperidine rings is 1. The summed E-state index contributed by atoms with van der Waals surface area (Å²) in [6.45, 7) is 6.67. The third kappa shape index (κ3) is 6.03. The molecule has 1 aromatic heterocycles. The molecule has 3 aromatic rings. The highest BCUT2D eigenvalue weighted by molar-refractivity contribution is 6.30. The fourth-order valence-corrected chi connectivity index (χ4v) is 4.30. The van der Waals surface area contributed by atoms with Crippen LogP contribution in [0.2, 0.25) is 5.02 Å². The number of rotatable bonds is 9. The molecule has 1 saturated heterocycles. The first-order valence-corrected chi connectivity index (χ1v) is 12.2. The molecule has 0 spiro atoms. The Hall–Kier alpha value is -3.19. The molecule has 0 unspecified atom stereocenters. The minimum Gasteiger partial charge on any atom is -0.490 e. The molecule has 1 fully saturated rings. The van der Waals surface area contributed by atoms with Crippen LogP contribution in [0, 0.1) is 0 Å². The van der Waals surface area contributed by atoms with Crippen molar-refractivity contribution in [3.05, 3.63) is 59.1 Å². The average Bonchev–Trinajstić information content (AvgIpc) is 3.32. The maximum Gasteiger partial charge on any atom is 0.224 e. The van der Waals surface area contributed by atoms with E-state index in [2.05, 4.69) is 26.5 Å².